The van der Waals surface area contributed by atoms with Gasteiger partial charge in [0.15, 0.2) is 0 Å². The Morgan fingerprint density at radius 2 is 1.84 bits per heavy atom. The van der Waals surface area contributed by atoms with Crippen molar-refractivity contribution in [2.24, 2.45) is 0 Å². The molecule has 0 aromatic heterocycles. The molecule has 0 aliphatic carbocycles. The average molecular weight is 446 g/mol. The Morgan fingerprint density at radius 1 is 1.20 bits per heavy atom. The molecular formula is C17H15BrCl2N2O3. The molecule has 1 N–H and O–H groups in total. The Labute approximate surface area is 164 Å². The largest absolute Gasteiger partial charge is 0.497 e. The molecule has 0 fully saturated rings. The highest BCUT2D eigenvalue weighted by Crippen LogP contribution is 2.29. The molecule has 0 atom stereocenters. The number of halogens is 3. The summed E-state index contributed by atoms with van der Waals surface area (Å²) in [6.45, 7) is -0.163. The minimum absolute atomic E-state index is 0.163. The number of hydrogen-bond donors (Lipinski definition) is 1. The highest BCUT2D eigenvalue weighted by molar-refractivity contribution is 9.10. The van der Waals surface area contributed by atoms with E-state index in [1.807, 2.05) is 0 Å². The van der Waals surface area contributed by atoms with Crippen LogP contribution in [0.15, 0.2) is 40.9 Å². The van der Waals surface area contributed by atoms with E-state index < -0.39 is 5.91 Å². The highest BCUT2D eigenvalue weighted by atomic mass is 79.9. The smallest absolute Gasteiger partial charge is 0.255 e. The Morgan fingerprint density at radius 3 is 2.44 bits per heavy atom. The third-order valence-corrected chi connectivity index (χ3v) is 4.68. The molecule has 5 nitrogen and oxygen atoms in total. The van der Waals surface area contributed by atoms with E-state index in [4.69, 9.17) is 27.9 Å². The second kappa shape index (κ2) is 8.56. The molecule has 132 valence electrons. The molecule has 2 aromatic rings. The van der Waals surface area contributed by atoms with Crippen molar-refractivity contribution in [2.45, 2.75) is 0 Å². The number of ether oxygens (including phenoxy) is 1. The topological polar surface area (TPSA) is 58.6 Å². The number of nitrogens with one attached hydrogen (secondary N) is 1. The molecule has 0 aliphatic rings. The minimum atomic E-state index is -0.412. The summed E-state index contributed by atoms with van der Waals surface area (Å²) in [6, 6.07) is 9.95. The summed E-state index contributed by atoms with van der Waals surface area (Å²) in [6.07, 6.45) is 0. The van der Waals surface area contributed by atoms with Crippen LogP contribution in [0.5, 0.6) is 5.75 Å². The molecular weight excluding hydrogens is 431 g/mol. The predicted octanol–water partition coefficient (Wildman–Crippen LogP) is 4.48. The first-order valence-electron chi connectivity index (χ1n) is 7.16. The van der Waals surface area contributed by atoms with Gasteiger partial charge in [0, 0.05) is 11.5 Å². The minimum Gasteiger partial charge on any atom is -0.497 e. The summed E-state index contributed by atoms with van der Waals surface area (Å²) < 4.78 is 5.74. The molecule has 2 rings (SSSR count). The first-order valence-corrected chi connectivity index (χ1v) is 8.71. The van der Waals surface area contributed by atoms with Gasteiger partial charge in [0.2, 0.25) is 5.91 Å². The molecule has 0 spiro atoms. The Bertz CT molecular complexity index is 794. The van der Waals surface area contributed by atoms with Crippen LogP contribution in [0, 0.1) is 0 Å². The standard InChI is InChI=1S/C17H15BrCl2N2O3/c1-22(17(24)11-8-10(25-2)6-7-12(11)18)9-15(23)21-16-13(19)4-3-5-14(16)20/h3-8H,9H2,1-2H3,(H,21,23). The molecule has 0 saturated carbocycles. The van der Waals surface area contributed by atoms with Crippen molar-refractivity contribution in [1.29, 1.82) is 0 Å². The van der Waals surface area contributed by atoms with E-state index in [9.17, 15) is 9.59 Å². The maximum atomic E-state index is 12.6. The number of para-hydroxylation sites is 1. The van der Waals surface area contributed by atoms with Gasteiger partial charge in [0.25, 0.3) is 5.91 Å². The van der Waals surface area contributed by atoms with Crippen LogP contribution in [-0.4, -0.2) is 37.4 Å². The SMILES string of the molecule is COc1ccc(Br)c(C(=O)N(C)CC(=O)Nc2c(Cl)cccc2Cl)c1. The van der Waals surface area contributed by atoms with Gasteiger partial charge in [0.1, 0.15) is 5.75 Å². The van der Waals surface area contributed by atoms with Crippen molar-refractivity contribution in [1.82, 2.24) is 4.90 Å². The van der Waals surface area contributed by atoms with Gasteiger partial charge in [-0.2, -0.15) is 0 Å². The number of benzene rings is 2. The molecule has 0 unspecified atom stereocenters. The van der Waals surface area contributed by atoms with Gasteiger partial charge in [0.05, 0.1) is 35.0 Å². The number of hydrogen-bond acceptors (Lipinski definition) is 3. The van der Waals surface area contributed by atoms with Gasteiger partial charge >= 0.3 is 0 Å². The second-order valence-corrected chi connectivity index (χ2v) is 6.82. The van der Waals surface area contributed by atoms with E-state index in [0.717, 1.165) is 0 Å². The number of carbonyl (C=O) groups is 2. The van der Waals surface area contributed by atoms with E-state index in [-0.39, 0.29) is 12.5 Å². The zero-order valence-corrected chi connectivity index (χ0v) is 16.6. The quantitative estimate of drug-likeness (QED) is 0.738. The lowest BCUT2D eigenvalue weighted by atomic mass is 10.2. The van der Waals surface area contributed by atoms with Crippen LogP contribution in [0.25, 0.3) is 0 Å². The van der Waals surface area contributed by atoms with Crippen molar-refractivity contribution in [3.63, 3.8) is 0 Å². The van der Waals surface area contributed by atoms with Crippen molar-refractivity contribution < 1.29 is 14.3 Å². The normalized spacial score (nSPS) is 10.3. The average Bonchev–Trinajstić information content (AvgIpc) is 2.58. The molecule has 0 saturated heterocycles. The van der Waals surface area contributed by atoms with Crippen molar-refractivity contribution in [3.8, 4) is 5.75 Å². The summed E-state index contributed by atoms with van der Waals surface area (Å²) in [5.74, 6) is -0.191. The van der Waals surface area contributed by atoms with E-state index >= 15 is 0 Å². The number of carbonyl (C=O) groups excluding carboxylic acids is 2. The molecule has 2 amide bonds. The van der Waals surface area contributed by atoms with Gasteiger partial charge in [-0.15, -0.1) is 0 Å². The summed E-state index contributed by atoms with van der Waals surface area (Å²) in [5, 5.41) is 3.27. The number of rotatable bonds is 5. The number of likely N-dealkylation sites (N-methyl/N-ethyl adjacent to an activating group) is 1. The van der Waals surface area contributed by atoms with E-state index in [0.29, 0.717) is 31.5 Å². The van der Waals surface area contributed by atoms with Crippen LogP contribution in [0.2, 0.25) is 10.0 Å². The summed E-state index contributed by atoms with van der Waals surface area (Å²) in [7, 11) is 3.05. The number of amides is 2. The van der Waals surface area contributed by atoms with Crippen molar-refractivity contribution in [2.75, 3.05) is 26.0 Å². The fourth-order valence-corrected chi connectivity index (χ4v) is 2.99. The summed E-state index contributed by atoms with van der Waals surface area (Å²) in [4.78, 5) is 26.1. The number of methoxy groups -OCH3 is 1. The zero-order chi connectivity index (χ0) is 18.6. The van der Waals surface area contributed by atoms with Gasteiger partial charge in [-0.3, -0.25) is 9.59 Å². The lowest BCUT2D eigenvalue weighted by Gasteiger charge is -2.18. The lowest BCUT2D eigenvalue weighted by molar-refractivity contribution is -0.116. The van der Waals surface area contributed by atoms with E-state index in [1.165, 1.54) is 19.1 Å². The van der Waals surface area contributed by atoms with Gasteiger partial charge in [-0.25, -0.2) is 0 Å². The van der Waals surface area contributed by atoms with Crippen LogP contribution < -0.4 is 10.1 Å². The number of nitrogens with zero attached hydrogens (tertiary/aromatic N) is 1. The van der Waals surface area contributed by atoms with Gasteiger partial charge < -0.3 is 15.0 Å². The maximum Gasteiger partial charge on any atom is 0.255 e. The van der Waals surface area contributed by atoms with Crippen molar-refractivity contribution >= 4 is 56.6 Å². The molecule has 0 heterocycles. The fourth-order valence-electron chi connectivity index (χ4n) is 2.08. The van der Waals surface area contributed by atoms with Crippen LogP contribution in [0.4, 0.5) is 5.69 Å². The first-order chi connectivity index (χ1) is 11.8. The van der Waals surface area contributed by atoms with E-state index in [2.05, 4.69) is 21.2 Å². The third kappa shape index (κ3) is 4.87. The molecule has 8 heteroatoms. The summed E-state index contributed by atoms with van der Waals surface area (Å²) >= 11 is 15.4. The molecule has 2 aromatic carbocycles. The summed E-state index contributed by atoms with van der Waals surface area (Å²) in [5.41, 5.74) is 0.713. The predicted molar refractivity (Wildman–Crippen MR) is 103 cm³/mol. The first kappa shape index (κ1) is 19.6. The maximum absolute atomic E-state index is 12.6. The lowest BCUT2D eigenvalue weighted by Crippen LogP contribution is -2.35. The van der Waals surface area contributed by atoms with E-state index in [1.54, 1.807) is 36.4 Å². The molecule has 0 aliphatic heterocycles. The molecule has 0 bridgehead atoms. The molecule has 0 radical (unpaired) electrons. The zero-order valence-electron chi connectivity index (χ0n) is 13.5. The van der Waals surface area contributed by atoms with Crippen molar-refractivity contribution in [3.05, 3.63) is 56.5 Å². The van der Waals surface area contributed by atoms with Crippen LogP contribution >= 0.6 is 39.1 Å². The monoisotopic (exact) mass is 444 g/mol. The van der Waals surface area contributed by atoms with Gasteiger partial charge in [-0.05, 0) is 46.3 Å². The molecule has 25 heavy (non-hydrogen) atoms. The number of anilines is 1. The van der Waals surface area contributed by atoms with Crippen LogP contribution in [-0.2, 0) is 4.79 Å². The third-order valence-electron chi connectivity index (χ3n) is 3.36. The van der Waals surface area contributed by atoms with Gasteiger partial charge in [-0.1, -0.05) is 29.3 Å². The Hall–Kier alpha value is -1.76. The fraction of sp³-hybridized carbons (Fsp3) is 0.176. The van der Waals surface area contributed by atoms with Crippen LogP contribution in [0.3, 0.4) is 0 Å². The Balaban J connectivity index is 2.10. The second-order valence-electron chi connectivity index (χ2n) is 5.15. The highest BCUT2D eigenvalue weighted by Gasteiger charge is 2.19. The van der Waals surface area contributed by atoms with Crippen LogP contribution in [0.1, 0.15) is 10.4 Å². The Kier molecular flexibility index (Phi) is 6.70.